The number of carbonyl (C=O) groups is 1. The van der Waals surface area contributed by atoms with Crippen LogP contribution in [-0.2, 0) is 17.1 Å². The number of rotatable bonds is 3. The summed E-state index contributed by atoms with van der Waals surface area (Å²) in [4.78, 5) is 16.1. The number of benzene rings is 2. The SMILES string of the molecule is O=C(O)C[C@H]1Sc2nc3c(n2[C@@]1(O)c1ccccc1)-c1ccccc1OC3. The van der Waals surface area contributed by atoms with E-state index in [0.717, 1.165) is 22.7 Å². The van der Waals surface area contributed by atoms with Gasteiger partial charge in [-0.2, -0.15) is 0 Å². The van der Waals surface area contributed by atoms with E-state index in [-0.39, 0.29) is 6.42 Å². The molecule has 7 heteroatoms. The van der Waals surface area contributed by atoms with Crippen LogP contribution >= 0.6 is 11.8 Å². The molecule has 136 valence electrons. The third-order valence-electron chi connectivity index (χ3n) is 5.02. The summed E-state index contributed by atoms with van der Waals surface area (Å²) in [6.07, 6.45) is -0.174. The predicted molar refractivity (Wildman–Crippen MR) is 99.6 cm³/mol. The summed E-state index contributed by atoms with van der Waals surface area (Å²) in [5, 5.41) is 21.3. The molecular weight excluding hydrogens is 364 g/mol. The Balaban J connectivity index is 1.77. The fraction of sp³-hybridized carbons (Fsp3) is 0.200. The third-order valence-corrected chi connectivity index (χ3v) is 6.29. The van der Waals surface area contributed by atoms with Crippen molar-refractivity contribution in [3.8, 4) is 17.0 Å². The van der Waals surface area contributed by atoms with Crippen molar-refractivity contribution in [2.75, 3.05) is 0 Å². The number of carboxylic acids is 1. The zero-order valence-corrected chi connectivity index (χ0v) is 15.0. The standard InChI is InChI=1S/C20H16N2O4S/c23-17(24)10-16-20(25,12-6-2-1-3-7-12)22-18-13-8-4-5-9-15(13)26-11-14(18)21-19(22)27-16/h1-9,16,25H,10-11H2,(H,23,24)/t16-,20-/m1/s1. The van der Waals surface area contributed by atoms with Crippen molar-refractivity contribution in [3.05, 3.63) is 65.9 Å². The normalized spacial score (nSPS) is 22.5. The molecule has 0 saturated carbocycles. The Labute approximate surface area is 159 Å². The first-order chi connectivity index (χ1) is 13.1. The highest BCUT2D eigenvalue weighted by atomic mass is 32.2. The van der Waals surface area contributed by atoms with Crippen LogP contribution in [0.5, 0.6) is 5.75 Å². The molecule has 27 heavy (non-hydrogen) atoms. The lowest BCUT2D eigenvalue weighted by atomic mass is 9.95. The summed E-state index contributed by atoms with van der Waals surface area (Å²) in [6, 6.07) is 16.8. The fourth-order valence-electron chi connectivity index (χ4n) is 3.84. The molecular formula is C20H16N2O4S. The molecule has 0 aliphatic carbocycles. The molecule has 0 saturated heterocycles. The van der Waals surface area contributed by atoms with Crippen molar-refractivity contribution in [1.29, 1.82) is 0 Å². The van der Waals surface area contributed by atoms with Crippen LogP contribution in [0.25, 0.3) is 11.3 Å². The van der Waals surface area contributed by atoms with Crippen molar-refractivity contribution in [3.63, 3.8) is 0 Å². The van der Waals surface area contributed by atoms with Crippen molar-refractivity contribution >= 4 is 17.7 Å². The van der Waals surface area contributed by atoms with E-state index in [4.69, 9.17) is 4.74 Å². The maximum atomic E-state index is 11.9. The number of hydrogen-bond acceptors (Lipinski definition) is 5. The summed E-state index contributed by atoms with van der Waals surface area (Å²) >= 11 is 1.30. The molecule has 2 aliphatic rings. The van der Waals surface area contributed by atoms with Crippen molar-refractivity contribution in [1.82, 2.24) is 9.55 Å². The average molecular weight is 380 g/mol. The van der Waals surface area contributed by atoms with Crippen LogP contribution in [0.3, 0.4) is 0 Å². The van der Waals surface area contributed by atoms with Gasteiger partial charge in [0.15, 0.2) is 10.9 Å². The molecule has 0 radical (unpaired) electrons. The smallest absolute Gasteiger partial charge is 0.304 e. The van der Waals surface area contributed by atoms with Gasteiger partial charge in [-0.25, -0.2) is 4.98 Å². The number of aliphatic carboxylic acids is 1. The molecule has 6 nitrogen and oxygen atoms in total. The number of fused-ring (bicyclic) bond motifs is 5. The Kier molecular flexibility index (Phi) is 3.57. The number of ether oxygens (including phenoxy) is 1. The van der Waals surface area contributed by atoms with E-state index < -0.39 is 16.9 Å². The number of aromatic nitrogens is 2. The molecule has 2 aromatic carbocycles. The maximum absolute atomic E-state index is 11.9. The minimum atomic E-state index is -1.51. The summed E-state index contributed by atoms with van der Waals surface area (Å²) in [6.45, 7) is 0.321. The molecule has 0 bridgehead atoms. The molecule has 0 amide bonds. The molecule has 0 unspecified atom stereocenters. The van der Waals surface area contributed by atoms with Gasteiger partial charge in [0.25, 0.3) is 0 Å². The van der Waals surface area contributed by atoms with Gasteiger partial charge in [-0.3, -0.25) is 9.36 Å². The Morgan fingerprint density at radius 1 is 1.22 bits per heavy atom. The van der Waals surface area contributed by atoms with Crippen LogP contribution in [0.2, 0.25) is 0 Å². The molecule has 3 heterocycles. The Bertz CT molecular complexity index is 1050. The molecule has 0 spiro atoms. The number of thioether (sulfide) groups is 1. The molecule has 5 rings (SSSR count). The Hall–Kier alpha value is -2.77. The van der Waals surface area contributed by atoms with Crippen LogP contribution < -0.4 is 4.74 Å². The predicted octanol–water partition coefficient (Wildman–Crippen LogP) is 3.08. The second-order valence-electron chi connectivity index (χ2n) is 6.61. The van der Waals surface area contributed by atoms with Gasteiger partial charge in [0.05, 0.1) is 17.4 Å². The van der Waals surface area contributed by atoms with Gasteiger partial charge in [0, 0.05) is 11.1 Å². The zero-order valence-electron chi connectivity index (χ0n) is 14.2. The van der Waals surface area contributed by atoms with E-state index in [2.05, 4.69) is 4.98 Å². The second-order valence-corrected chi connectivity index (χ2v) is 7.78. The van der Waals surface area contributed by atoms with Gasteiger partial charge in [0.1, 0.15) is 18.1 Å². The van der Waals surface area contributed by atoms with Crippen LogP contribution in [0.4, 0.5) is 0 Å². The third kappa shape index (κ3) is 2.32. The number of imidazole rings is 1. The highest BCUT2D eigenvalue weighted by Crippen LogP contribution is 2.52. The quantitative estimate of drug-likeness (QED) is 0.726. The van der Waals surface area contributed by atoms with Gasteiger partial charge >= 0.3 is 5.97 Å². The first kappa shape index (κ1) is 16.4. The summed E-state index contributed by atoms with van der Waals surface area (Å²) in [5.41, 5.74) is 1.53. The number of aliphatic hydroxyl groups is 1. The summed E-state index contributed by atoms with van der Waals surface area (Å²) in [7, 11) is 0. The highest BCUT2D eigenvalue weighted by Gasteiger charge is 2.51. The van der Waals surface area contributed by atoms with E-state index in [9.17, 15) is 15.0 Å². The van der Waals surface area contributed by atoms with Crippen molar-refractivity contribution in [2.24, 2.45) is 0 Å². The number of para-hydroxylation sites is 1. The topological polar surface area (TPSA) is 84.6 Å². The second kappa shape index (κ2) is 5.87. The highest BCUT2D eigenvalue weighted by molar-refractivity contribution is 8.00. The van der Waals surface area contributed by atoms with Crippen LogP contribution in [0.15, 0.2) is 59.8 Å². The van der Waals surface area contributed by atoms with Crippen LogP contribution in [-0.4, -0.2) is 31.0 Å². The van der Waals surface area contributed by atoms with E-state index >= 15 is 0 Å². The monoisotopic (exact) mass is 380 g/mol. The van der Waals surface area contributed by atoms with Crippen molar-refractivity contribution in [2.45, 2.75) is 29.2 Å². The lowest BCUT2D eigenvalue weighted by Gasteiger charge is -2.33. The molecule has 2 atom stereocenters. The van der Waals surface area contributed by atoms with Gasteiger partial charge in [-0.15, -0.1) is 0 Å². The van der Waals surface area contributed by atoms with Gasteiger partial charge < -0.3 is 14.9 Å². The van der Waals surface area contributed by atoms with E-state index in [1.54, 1.807) is 4.57 Å². The summed E-state index contributed by atoms with van der Waals surface area (Å²) < 4.78 is 7.58. The Morgan fingerprint density at radius 2 is 1.96 bits per heavy atom. The van der Waals surface area contributed by atoms with Gasteiger partial charge in [-0.1, -0.05) is 54.2 Å². The fourth-order valence-corrected chi connectivity index (χ4v) is 5.23. The first-order valence-corrected chi connectivity index (χ1v) is 9.47. The minimum absolute atomic E-state index is 0.174. The molecule has 0 fully saturated rings. The van der Waals surface area contributed by atoms with Crippen LogP contribution in [0, 0.1) is 0 Å². The zero-order chi connectivity index (χ0) is 18.6. The maximum Gasteiger partial charge on any atom is 0.304 e. The minimum Gasteiger partial charge on any atom is -0.487 e. The van der Waals surface area contributed by atoms with Crippen LogP contribution in [0.1, 0.15) is 17.7 Å². The number of nitrogens with zero attached hydrogens (tertiary/aromatic N) is 2. The number of carboxylic acid groups (broad SMARTS) is 1. The van der Waals surface area contributed by atoms with E-state index in [1.807, 2.05) is 54.6 Å². The van der Waals surface area contributed by atoms with Crippen molar-refractivity contribution < 1.29 is 19.7 Å². The molecule has 2 aliphatic heterocycles. The Morgan fingerprint density at radius 3 is 2.74 bits per heavy atom. The van der Waals surface area contributed by atoms with Gasteiger partial charge in [-0.05, 0) is 12.1 Å². The average Bonchev–Trinajstić information content (AvgIpc) is 3.17. The number of hydrogen-bond donors (Lipinski definition) is 2. The largest absolute Gasteiger partial charge is 0.487 e. The molecule has 2 N–H and O–H groups in total. The van der Waals surface area contributed by atoms with E-state index in [0.29, 0.717) is 17.3 Å². The van der Waals surface area contributed by atoms with E-state index in [1.165, 1.54) is 11.8 Å². The molecule has 1 aromatic heterocycles. The molecule has 3 aromatic rings. The summed E-state index contributed by atoms with van der Waals surface area (Å²) in [5.74, 6) is -0.222. The lowest BCUT2D eigenvalue weighted by Crippen LogP contribution is -2.42. The van der Waals surface area contributed by atoms with Gasteiger partial charge in [0.2, 0.25) is 0 Å². The first-order valence-electron chi connectivity index (χ1n) is 8.59. The lowest BCUT2D eigenvalue weighted by molar-refractivity contribution is -0.138.